The first kappa shape index (κ1) is 13.0. The lowest BCUT2D eigenvalue weighted by molar-refractivity contribution is -0.132. The lowest BCUT2D eigenvalue weighted by atomic mass is 10.1. The van der Waals surface area contributed by atoms with Gasteiger partial charge in [-0.3, -0.25) is 9.78 Å². The van der Waals surface area contributed by atoms with Crippen LogP contribution in [-0.2, 0) is 4.74 Å². The minimum Gasteiger partial charge on any atom is -0.456 e. The van der Waals surface area contributed by atoms with Gasteiger partial charge in [0.1, 0.15) is 12.2 Å². The van der Waals surface area contributed by atoms with E-state index >= 15 is 0 Å². The Kier molecular flexibility index (Phi) is 3.14. The lowest BCUT2D eigenvalue weighted by Crippen LogP contribution is -2.39. The molecule has 0 radical (unpaired) electrons. The monoisotopic (exact) mass is 284 g/mol. The highest BCUT2D eigenvalue weighted by Crippen LogP contribution is 2.23. The zero-order valence-electron chi connectivity index (χ0n) is 10.1. The van der Waals surface area contributed by atoms with E-state index in [-0.39, 0.29) is 17.2 Å². The van der Waals surface area contributed by atoms with Gasteiger partial charge < -0.3 is 29.8 Å². The number of aliphatic hydroxyl groups is 3. The Morgan fingerprint density at radius 2 is 2.25 bits per heavy atom. The van der Waals surface area contributed by atoms with Crippen molar-refractivity contribution in [3.05, 3.63) is 16.7 Å². The predicted octanol–water partition coefficient (Wildman–Crippen LogP) is -2.54. The standard InChI is InChI=1S/C10H12N4O6/c15-1-3-6(5(16)9(18)19-3)20-10-13-7-4(8(17)14-10)11-2-12-7/h2-3,5-6,9,15-16,18H,1H2,(H2,11,12,13,14,17)/t3-,5-,6-,9-/m1/s1. The molecule has 1 aliphatic rings. The maximum absolute atomic E-state index is 11.7. The maximum atomic E-state index is 11.7. The summed E-state index contributed by atoms with van der Waals surface area (Å²) in [4.78, 5) is 24.4. The van der Waals surface area contributed by atoms with Crippen LogP contribution in [0.25, 0.3) is 11.2 Å². The smallest absolute Gasteiger partial charge is 0.299 e. The van der Waals surface area contributed by atoms with Crippen LogP contribution >= 0.6 is 0 Å². The van der Waals surface area contributed by atoms with Crippen LogP contribution in [0.15, 0.2) is 11.1 Å². The summed E-state index contributed by atoms with van der Waals surface area (Å²) in [7, 11) is 0. The number of H-pyrrole nitrogens is 2. The summed E-state index contributed by atoms with van der Waals surface area (Å²) in [6, 6.07) is -0.185. The molecule has 2 aromatic rings. The Morgan fingerprint density at radius 3 is 3.00 bits per heavy atom. The van der Waals surface area contributed by atoms with Crippen molar-refractivity contribution in [3.8, 4) is 6.01 Å². The van der Waals surface area contributed by atoms with E-state index in [9.17, 15) is 15.0 Å². The largest absolute Gasteiger partial charge is 0.456 e. The highest BCUT2D eigenvalue weighted by atomic mass is 16.7. The van der Waals surface area contributed by atoms with Gasteiger partial charge in [-0.25, -0.2) is 4.98 Å². The Balaban J connectivity index is 1.90. The fourth-order valence-electron chi connectivity index (χ4n) is 2.02. The third kappa shape index (κ3) is 2.04. The van der Waals surface area contributed by atoms with Gasteiger partial charge in [0.2, 0.25) is 0 Å². The van der Waals surface area contributed by atoms with Crippen LogP contribution in [0.5, 0.6) is 6.01 Å². The first-order valence-electron chi connectivity index (χ1n) is 5.82. The van der Waals surface area contributed by atoms with Crippen molar-refractivity contribution < 1.29 is 24.8 Å². The average Bonchev–Trinajstić information content (AvgIpc) is 2.99. The number of aromatic nitrogens is 4. The molecule has 0 aliphatic carbocycles. The molecule has 108 valence electrons. The number of nitrogens with zero attached hydrogens (tertiary/aromatic N) is 2. The lowest BCUT2D eigenvalue weighted by Gasteiger charge is -2.18. The first-order valence-corrected chi connectivity index (χ1v) is 5.82. The number of imidazole rings is 1. The van der Waals surface area contributed by atoms with Crippen molar-refractivity contribution >= 4 is 11.2 Å². The molecule has 0 spiro atoms. The van der Waals surface area contributed by atoms with E-state index in [0.717, 1.165) is 0 Å². The minimum atomic E-state index is -1.47. The molecule has 3 rings (SSSR count). The van der Waals surface area contributed by atoms with Gasteiger partial charge in [0.15, 0.2) is 23.6 Å². The molecule has 5 N–H and O–H groups in total. The number of fused-ring (bicyclic) bond motifs is 1. The van der Waals surface area contributed by atoms with Gasteiger partial charge in [-0.1, -0.05) is 0 Å². The van der Waals surface area contributed by atoms with Crippen molar-refractivity contribution in [2.24, 2.45) is 0 Å². The van der Waals surface area contributed by atoms with Crippen LogP contribution in [0.4, 0.5) is 0 Å². The van der Waals surface area contributed by atoms with Crippen molar-refractivity contribution in [1.29, 1.82) is 0 Å². The number of aromatic amines is 2. The van der Waals surface area contributed by atoms with Gasteiger partial charge in [0.25, 0.3) is 11.6 Å². The molecular formula is C10H12N4O6. The second kappa shape index (κ2) is 4.83. The molecule has 0 saturated carbocycles. The highest BCUT2D eigenvalue weighted by Gasteiger charge is 2.44. The Labute approximate surface area is 111 Å². The molecule has 10 nitrogen and oxygen atoms in total. The minimum absolute atomic E-state index is 0.151. The van der Waals surface area contributed by atoms with Crippen LogP contribution in [0.2, 0.25) is 0 Å². The molecule has 20 heavy (non-hydrogen) atoms. The summed E-state index contributed by atoms with van der Waals surface area (Å²) in [6.45, 7) is -0.465. The third-order valence-corrected chi connectivity index (χ3v) is 3.01. The molecule has 10 heteroatoms. The average molecular weight is 284 g/mol. The van der Waals surface area contributed by atoms with Crippen LogP contribution in [-0.4, -0.2) is 66.5 Å². The summed E-state index contributed by atoms with van der Waals surface area (Å²) < 4.78 is 10.2. The van der Waals surface area contributed by atoms with Crippen molar-refractivity contribution in [3.63, 3.8) is 0 Å². The molecule has 1 saturated heterocycles. The van der Waals surface area contributed by atoms with E-state index in [1.165, 1.54) is 6.33 Å². The third-order valence-electron chi connectivity index (χ3n) is 3.01. The Hall–Kier alpha value is -2.01. The molecule has 4 atom stereocenters. The highest BCUT2D eigenvalue weighted by molar-refractivity contribution is 5.68. The van der Waals surface area contributed by atoms with E-state index in [2.05, 4.69) is 19.9 Å². The first-order chi connectivity index (χ1) is 9.60. The molecule has 1 aliphatic heterocycles. The Morgan fingerprint density at radius 1 is 1.45 bits per heavy atom. The number of ether oxygens (including phenoxy) is 2. The topological polar surface area (TPSA) is 154 Å². The molecule has 2 aromatic heterocycles. The second-order valence-electron chi connectivity index (χ2n) is 4.29. The molecule has 3 heterocycles. The SMILES string of the molecule is O=c1[nH]c(O[C@H]2[C@@H](O)[C@H](O)O[C@@H]2CO)nc2nc[nH]c12. The van der Waals surface area contributed by atoms with Gasteiger partial charge in [-0.2, -0.15) is 4.98 Å². The molecule has 0 amide bonds. The molecule has 0 bridgehead atoms. The fraction of sp³-hybridized carbons (Fsp3) is 0.500. The van der Waals surface area contributed by atoms with E-state index in [1.807, 2.05) is 0 Å². The van der Waals surface area contributed by atoms with Gasteiger partial charge >= 0.3 is 0 Å². The van der Waals surface area contributed by atoms with Crippen molar-refractivity contribution in [2.75, 3.05) is 6.61 Å². The summed E-state index contributed by atoms with van der Waals surface area (Å²) in [5.41, 5.74) is -0.144. The molecular weight excluding hydrogens is 272 g/mol. The summed E-state index contributed by atoms with van der Waals surface area (Å²) in [5.74, 6) is 0. The van der Waals surface area contributed by atoms with E-state index in [1.54, 1.807) is 0 Å². The van der Waals surface area contributed by atoms with Crippen molar-refractivity contribution in [1.82, 2.24) is 19.9 Å². The molecule has 0 aromatic carbocycles. The Bertz CT molecular complexity index is 669. The summed E-state index contributed by atoms with van der Waals surface area (Å²) in [5, 5.41) is 28.2. The van der Waals surface area contributed by atoms with Crippen LogP contribution in [0, 0.1) is 0 Å². The zero-order valence-corrected chi connectivity index (χ0v) is 10.1. The predicted molar refractivity (Wildman–Crippen MR) is 62.9 cm³/mol. The second-order valence-corrected chi connectivity index (χ2v) is 4.29. The molecule has 0 unspecified atom stereocenters. The van der Waals surface area contributed by atoms with Gasteiger partial charge in [0, 0.05) is 0 Å². The summed E-state index contributed by atoms with van der Waals surface area (Å²) in [6.07, 6.45) is -3.52. The number of hydrogen-bond donors (Lipinski definition) is 5. The number of rotatable bonds is 3. The van der Waals surface area contributed by atoms with Gasteiger partial charge in [0.05, 0.1) is 12.9 Å². The number of nitrogens with one attached hydrogen (secondary N) is 2. The number of hydrogen-bond acceptors (Lipinski definition) is 8. The van der Waals surface area contributed by atoms with Crippen molar-refractivity contribution in [2.45, 2.75) is 24.6 Å². The normalized spacial score (nSPS) is 29.9. The molecule has 1 fully saturated rings. The van der Waals surface area contributed by atoms with Crippen LogP contribution in [0.1, 0.15) is 0 Å². The van der Waals surface area contributed by atoms with Gasteiger partial charge in [-0.05, 0) is 0 Å². The van der Waals surface area contributed by atoms with E-state index in [0.29, 0.717) is 0 Å². The summed E-state index contributed by atoms with van der Waals surface area (Å²) >= 11 is 0. The fourth-order valence-corrected chi connectivity index (χ4v) is 2.02. The zero-order chi connectivity index (χ0) is 14.3. The maximum Gasteiger partial charge on any atom is 0.299 e. The number of aliphatic hydroxyl groups excluding tert-OH is 3. The van der Waals surface area contributed by atoms with Crippen LogP contribution in [0.3, 0.4) is 0 Å². The van der Waals surface area contributed by atoms with Gasteiger partial charge in [-0.15, -0.1) is 0 Å². The quantitative estimate of drug-likeness (QED) is 0.413. The van der Waals surface area contributed by atoms with E-state index < -0.39 is 36.8 Å². The van der Waals surface area contributed by atoms with E-state index in [4.69, 9.17) is 14.6 Å². The van der Waals surface area contributed by atoms with Crippen LogP contribution < -0.4 is 10.3 Å².